The van der Waals surface area contributed by atoms with Crippen molar-refractivity contribution in [3.05, 3.63) is 33.9 Å². The van der Waals surface area contributed by atoms with Crippen LogP contribution in [-0.2, 0) is 4.79 Å². The molecule has 0 aromatic heterocycles. The monoisotopic (exact) mass is 263 g/mol. The normalized spacial score (nSPS) is 18.5. The minimum absolute atomic E-state index is 0.167. The van der Waals surface area contributed by atoms with E-state index in [4.69, 9.17) is 0 Å². The summed E-state index contributed by atoms with van der Waals surface area (Å²) in [4.78, 5) is 32.6. The van der Waals surface area contributed by atoms with Crippen LogP contribution in [0.2, 0.25) is 0 Å². The van der Waals surface area contributed by atoms with Gasteiger partial charge in [0.15, 0.2) is 0 Å². The molecule has 1 aliphatic heterocycles. The molecule has 0 aliphatic carbocycles. The topological polar surface area (TPSA) is 101 Å². The van der Waals surface area contributed by atoms with Crippen LogP contribution in [0, 0.1) is 10.1 Å². The van der Waals surface area contributed by atoms with Crippen molar-refractivity contribution in [3.8, 4) is 0 Å². The van der Waals surface area contributed by atoms with Gasteiger partial charge in [-0.1, -0.05) is 0 Å². The molecule has 1 heterocycles. The lowest BCUT2D eigenvalue weighted by molar-refractivity contribution is -0.384. The Morgan fingerprint density at radius 2 is 2.26 bits per heavy atom. The highest BCUT2D eigenvalue weighted by Gasteiger charge is 2.24. The van der Waals surface area contributed by atoms with Gasteiger partial charge < -0.3 is 10.6 Å². The zero-order valence-corrected chi connectivity index (χ0v) is 10.1. The Bertz CT molecular complexity index is 530. The summed E-state index contributed by atoms with van der Waals surface area (Å²) in [5.74, 6) is -0.167. The number of carbonyl (C=O) groups excluding carboxylic acids is 2. The highest BCUT2D eigenvalue weighted by molar-refractivity contribution is 5.87. The van der Waals surface area contributed by atoms with Gasteiger partial charge in [0.2, 0.25) is 5.91 Å². The summed E-state index contributed by atoms with van der Waals surface area (Å²) in [6.07, 6.45) is 1.99. The van der Waals surface area contributed by atoms with Gasteiger partial charge in [-0.25, -0.2) is 0 Å². The summed E-state index contributed by atoms with van der Waals surface area (Å²) in [5, 5.41) is 16.5. The van der Waals surface area contributed by atoms with Gasteiger partial charge in [-0.05, 0) is 25.0 Å². The molecule has 1 saturated heterocycles. The van der Waals surface area contributed by atoms with Crippen molar-refractivity contribution < 1.29 is 14.5 Å². The molecule has 0 radical (unpaired) electrons. The van der Waals surface area contributed by atoms with Crippen molar-refractivity contribution in [1.82, 2.24) is 5.32 Å². The van der Waals surface area contributed by atoms with Gasteiger partial charge in [0.05, 0.1) is 4.92 Å². The minimum Gasteiger partial charge on any atom is -0.368 e. The number of nitro benzene ring substituents is 1. The Labute approximate surface area is 109 Å². The Morgan fingerprint density at radius 1 is 1.47 bits per heavy atom. The molecule has 7 nitrogen and oxygen atoms in total. The van der Waals surface area contributed by atoms with Gasteiger partial charge in [0.25, 0.3) is 5.69 Å². The maximum Gasteiger partial charge on any atom is 0.293 e. The van der Waals surface area contributed by atoms with Crippen LogP contribution >= 0.6 is 0 Å². The first-order chi connectivity index (χ1) is 9.11. The molecule has 1 atom stereocenters. The van der Waals surface area contributed by atoms with E-state index >= 15 is 0 Å². The molecule has 1 aromatic carbocycles. The van der Waals surface area contributed by atoms with E-state index in [9.17, 15) is 19.7 Å². The predicted molar refractivity (Wildman–Crippen MR) is 68.1 cm³/mol. The van der Waals surface area contributed by atoms with Gasteiger partial charge >= 0.3 is 0 Å². The van der Waals surface area contributed by atoms with Crippen LogP contribution in [0.5, 0.6) is 0 Å². The molecule has 1 aliphatic rings. The molecular weight excluding hydrogens is 250 g/mol. The lowest BCUT2D eigenvalue weighted by Gasteiger charge is -2.23. The molecule has 1 aromatic rings. The van der Waals surface area contributed by atoms with E-state index < -0.39 is 11.0 Å². The van der Waals surface area contributed by atoms with Crippen LogP contribution in [0.25, 0.3) is 0 Å². The molecule has 19 heavy (non-hydrogen) atoms. The quantitative estimate of drug-likeness (QED) is 0.481. The van der Waals surface area contributed by atoms with Crippen LogP contribution in [0.15, 0.2) is 18.2 Å². The largest absolute Gasteiger partial charge is 0.368 e. The summed E-state index contributed by atoms with van der Waals surface area (Å²) in [7, 11) is 0. The van der Waals surface area contributed by atoms with E-state index in [1.54, 1.807) is 0 Å². The van der Waals surface area contributed by atoms with Crippen LogP contribution in [0.1, 0.15) is 23.2 Å². The van der Waals surface area contributed by atoms with E-state index in [-0.39, 0.29) is 22.8 Å². The summed E-state index contributed by atoms with van der Waals surface area (Å²) >= 11 is 0. The van der Waals surface area contributed by atoms with Crippen LogP contribution < -0.4 is 10.6 Å². The van der Waals surface area contributed by atoms with Gasteiger partial charge in [-0.2, -0.15) is 0 Å². The number of rotatable bonds is 4. The number of nitrogens with zero attached hydrogens (tertiary/aromatic N) is 1. The number of carbonyl (C=O) groups is 2. The molecule has 1 fully saturated rings. The maximum atomic E-state index is 11.6. The van der Waals surface area contributed by atoms with Gasteiger partial charge in [0, 0.05) is 18.2 Å². The Morgan fingerprint density at radius 3 is 2.89 bits per heavy atom. The number of nitrogens with one attached hydrogen (secondary N) is 2. The third-order valence-electron chi connectivity index (χ3n) is 2.97. The third-order valence-corrected chi connectivity index (χ3v) is 2.97. The highest BCUT2D eigenvalue weighted by atomic mass is 16.6. The molecule has 0 bridgehead atoms. The summed E-state index contributed by atoms with van der Waals surface area (Å²) in [6.45, 7) is 0.628. The van der Waals surface area contributed by atoms with Crippen LogP contribution in [0.4, 0.5) is 11.4 Å². The zero-order valence-electron chi connectivity index (χ0n) is 10.1. The summed E-state index contributed by atoms with van der Waals surface area (Å²) in [5.41, 5.74) is 0.269. The second-order valence-corrected chi connectivity index (χ2v) is 4.28. The molecule has 1 unspecified atom stereocenters. The van der Waals surface area contributed by atoms with Crippen molar-refractivity contribution in [2.45, 2.75) is 18.9 Å². The van der Waals surface area contributed by atoms with Crippen LogP contribution in [-0.4, -0.2) is 29.7 Å². The molecule has 0 saturated carbocycles. The third kappa shape index (κ3) is 2.87. The second-order valence-electron chi connectivity index (χ2n) is 4.28. The van der Waals surface area contributed by atoms with Crippen molar-refractivity contribution in [2.75, 3.05) is 11.9 Å². The first-order valence-electron chi connectivity index (χ1n) is 5.89. The minimum atomic E-state index is -0.573. The fraction of sp³-hybridized carbons (Fsp3) is 0.333. The first kappa shape index (κ1) is 13.0. The Kier molecular flexibility index (Phi) is 3.74. The second kappa shape index (κ2) is 5.47. The smallest absolute Gasteiger partial charge is 0.293 e. The number of hydrogen-bond donors (Lipinski definition) is 2. The SMILES string of the molecule is O=Cc1ccc(NC2CCCNC2=O)c([N+](=O)[O-])c1. The fourth-order valence-electron chi connectivity index (χ4n) is 1.99. The molecule has 0 spiro atoms. The number of anilines is 1. The highest BCUT2D eigenvalue weighted by Crippen LogP contribution is 2.26. The number of aldehydes is 1. The lowest BCUT2D eigenvalue weighted by Crippen LogP contribution is -2.44. The number of piperidine rings is 1. The van der Waals surface area contributed by atoms with Crippen molar-refractivity contribution in [1.29, 1.82) is 0 Å². The predicted octanol–water partition coefficient (Wildman–Crippen LogP) is 1.10. The summed E-state index contributed by atoms with van der Waals surface area (Å²) in [6, 6.07) is 3.64. The molecular formula is C12H13N3O4. The fourth-order valence-corrected chi connectivity index (χ4v) is 1.99. The van der Waals surface area contributed by atoms with Gasteiger partial charge in [-0.15, -0.1) is 0 Å². The van der Waals surface area contributed by atoms with E-state index in [2.05, 4.69) is 10.6 Å². The lowest BCUT2D eigenvalue weighted by atomic mass is 10.1. The Hall–Kier alpha value is -2.44. The van der Waals surface area contributed by atoms with Gasteiger partial charge in [-0.3, -0.25) is 19.7 Å². The molecule has 7 heteroatoms. The molecule has 2 rings (SSSR count). The average Bonchev–Trinajstić information content (AvgIpc) is 2.41. The van der Waals surface area contributed by atoms with Crippen molar-refractivity contribution >= 4 is 23.6 Å². The van der Waals surface area contributed by atoms with Crippen molar-refractivity contribution in [2.24, 2.45) is 0 Å². The summed E-state index contributed by atoms with van der Waals surface area (Å²) < 4.78 is 0. The van der Waals surface area contributed by atoms with E-state index in [0.29, 0.717) is 19.3 Å². The standard InChI is InChI=1S/C12H13N3O4/c16-7-8-3-4-9(11(6-8)15(18)19)14-10-2-1-5-13-12(10)17/h3-4,6-7,10,14H,1-2,5H2,(H,13,17). The van der Waals surface area contributed by atoms with Crippen molar-refractivity contribution in [3.63, 3.8) is 0 Å². The maximum absolute atomic E-state index is 11.6. The molecule has 100 valence electrons. The number of benzene rings is 1. The van der Waals surface area contributed by atoms with Crippen LogP contribution in [0.3, 0.4) is 0 Å². The molecule has 1 amide bonds. The van der Waals surface area contributed by atoms with E-state index in [1.807, 2.05) is 0 Å². The Balaban J connectivity index is 2.26. The van der Waals surface area contributed by atoms with E-state index in [0.717, 1.165) is 6.42 Å². The number of hydrogen-bond acceptors (Lipinski definition) is 5. The number of nitro groups is 1. The average molecular weight is 263 g/mol. The molecule has 2 N–H and O–H groups in total. The van der Waals surface area contributed by atoms with E-state index in [1.165, 1.54) is 18.2 Å². The number of amides is 1. The van der Waals surface area contributed by atoms with Gasteiger partial charge in [0.1, 0.15) is 18.0 Å². The first-order valence-corrected chi connectivity index (χ1v) is 5.89. The zero-order chi connectivity index (χ0) is 13.8.